The van der Waals surface area contributed by atoms with Crippen LogP contribution in [0.25, 0.3) is 0 Å². The van der Waals surface area contributed by atoms with Crippen molar-refractivity contribution in [3.63, 3.8) is 0 Å². The number of aromatic nitrogens is 2. The number of nitrogens with one attached hydrogen (secondary N) is 1. The SMILES string of the molecule is Cn1cc(C(=O)NC2CCCCCCC2)c(S(=O)(=O)N2CCN(c3ccc(Cl)cc3)CC2)n1. The normalized spacial score (nSPS) is 19.2. The summed E-state index contributed by atoms with van der Waals surface area (Å²) in [6.45, 7) is 1.75. The van der Waals surface area contributed by atoms with E-state index in [4.69, 9.17) is 11.6 Å². The molecule has 4 rings (SSSR count). The van der Waals surface area contributed by atoms with Crippen molar-refractivity contribution in [2.24, 2.45) is 7.05 Å². The van der Waals surface area contributed by atoms with Crippen LogP contribution in [0.3, 0.4) is 0 Å². The van der Waals surface area contributed by atoms with Gasteiger partial charge < -0.3 is 10.2 Å². The first kappa shape index (κ1) is 24.0. The molecular formula is C23H32ClN5O3S. The van der Waals surface area contributed by atoms with Crippen LogP contribution in [0.4, 0.5) is 5.69 Å². The van der Waals surface area contributed by atoms with Crippen molar-refractivity contribution in [2.75, 3.05) is 31.1 Å². The molecule has 2 aromatic rings. The number of carbonyl (C=O) groups is 1. The highest BCUT2D eigenvalue weighted by atomic mass is 35.5. The number of halogens is 1. The lowest BCUT2D eigenvalue weighted by Crippen LogP contribution is -2.49. The molecule has 10 heteroatoms. The van der Waals surface area contributed by atoms with Gasteiger partial charge >= 0.3 is 0 Å². The zero-order valence-electron chi connectivity index (χ0n) is 19.0. The quantitative estimate of drug-likeness (QED) is 0.689. The van der Waals surface area contributed by atoms with Crippen molar-refractivity contribution >= 4 is 33.2 Å². The van der Waals surface area contributed by atoms with Gasteiger partial charge in [-0.15, -0.1) is 0 Å². The average Bonchev–Trinajstić information content (AvgIpc) is 3.19. The minimum atomic E-state index is -3.89. The summed E-state index contributed by atoms with van der Waals surface area (Å²) in [6, 6.07) is 7.60. The Kier molecular flexibility index (Phi) is 7.61. The molecule has 2 heterocycles. The number of hydrogen-bond donors (Lipinski definition) is 1. The average molecular weight is 494 g/mol. The standard InChI is InChI=1S/C23H32ClN5O3S/c1-27-17-21(22(30)25-19-7-5-3-2-4-6-8-19)23(26-27)33(31,32)29-15-13-28(14-16-29)20-11-9-18(24)10-12-20/h9-12,17,19H,2-8,13-16H2,1H3,(H,25,30). The van der Waals surface area contributed by atoms with Gasteiger partial charge in [-0.05, 0) is 37.1 Å². The first-order valence-electron chi connectivity index (χ1n) is 11.7. The number of sulfonamides is 1. The van der Waals surface area contributed by atoms with Crippen LogP contribution in [-0.2, 0) is 17.1 Å². The molecule has 2 aliphatic rings. The summed E-state index contributed by atoms with van der Waals surface area (Å²) < 4.78 is 29.7. The van der Waals surface area contributed by atoms with Gasteiger partial charge in [-0.1, -0.05) is 43.7 Å². The predicted octanol–water partition coefficient (Wildman–Crippen LogP) is 3.43. The number of carbonyl (C=O) groups excluding carboxylic acids is 1. The third-order valence-corrected chi connectivity index (χ3v) is 8.58. The van der Waals surface area contributed by atoms with E-state index in [-0.39, 0.29) is 22.5 Å². The topological polar surface area (TPSA) is 87.5 Å². The van der Waals surface area contributed by atoms with Gasteiger partial charge in [-0.3, -0.25) is 9.48 Å². The van der Waals surface area contributed by atoms with Crippen LogP contribution in [-0.4, -0.2) is 60.6 Å². The van der Waals surface area contributed by atoms with Gasteiger partial charge in [-0.2, -0.15) is 9.40 Å². The molecule has 180 valence electrons. The minimum absolute atomic E-state index is 0.0801. The fourth-order valence-electron chi connectivity index (χ4n) is 4.64. The van der Waals surface area contributed by atoms with E-state index in [1.54, 1.807) is 7.05 Å². The maximum Gasteiger partial charge on any atom is 0.263 e. The number of nitrogens with zero attached hydrogens (tertiary/aromatic N) is 4. The molecule has 2 fully saturated rings. The molecule has 1 N–H and O–H groups in total. The van der Waals surface area contributed by atoms with Crippen molar-refractivity contribution in [1.82, 2.24) is 19.4 Å². The molecule has 1 aliphatic heterocycles. The molecule has 1 aliphatic carbocycles. The molecule has 0 spiro atoms. The highest BCUT2D eigenvalue weighted by Gasteiger charge is 2.35. The zero-order chi connectivity index (χ0) is 23.4. The van der Waals surface area contributed by atoms with E-state index in [0.717, 1.165) is 31.4 Å². The molecule has 8 nitrogen and oxygen atoms in total. The van der Waals surface area contributed by atoms with E-state index in [1.165, 1.54) is 34.4 Å². The maximum atomic E-state index is 13.4. The van der Waals surface area contributed by atoms with E-state index in [1.807, 2.05) is 24.3 Å². The molecule has 33 heavy (non-hydrogen) atoms. The van der Waals surface area contributed by atoms with Crippen LogP contribution in [0.2, 0.25) is 5.02 Å². The van der Waals surface area contributed by atoms with Crippen LogP contribution in [0.15, 0.2) is 35.5 Å². The maximum absolute atomic E-state index is 13.4. The van der Waals surface area contributed by atoms with Gasteiger partial charge in [0.05, 0.1) is 5.56 Å². The van der Waals surface area contributed by atoms with E-state index in [9.17, 15) is 13.2 Å². The van der Waals surface area contributed by atoms with Crippen LogP contribution >= 0.6 is 11.6 Å². The third-order valence-electron chi connectivity index (χ3n) is 6.49. The Balaban J connectivity index is 1.46. The van der Waals surface area contributed by atoms with Gasteiger partial charge in [-0.25, -0.2) is 8.42 Å². The first-order valence-corrected chi connectivity index (χ1v) is 13.5. The van der Waals surface area contributed by atoms with Crippen molar-refractivity contribution in [3.8, 4) is 0 Å². The van der Waals surface area contributed by atoms with Crippen molar-refractivity contribution in [2.45, 2.75) is 56.0 Å². The Morgan fingerprint density at radius 1 is 1.00 bits per heavy atom. The number of piperazine rings is 1. The zero-order valence-corrected chi connectivity index (χ0v) is 20.6. The summed E-state index contributed by atoms with van der Waals surface area (Å²) in [5.74, 6) is -0.355. The van der Waals surface area contributed by atoms with Gasteiger partial charge in [0.15, 0.2) is 0 Å². The number of amides is 1. The summed E-state index contributed by atoms with van der Waals surface area (Å²) >= 11 is 5.97. The fourth-order valence-corrected chi connectivity index (χ4v) is 6.31. The second kappa shape index (κ2) is 10.4. The van der Waals surface area contributed by atoms with E-state index >= 15 is 0 Å². The number of rotatable bonds is 5. The lowest BCUT2D eigenvalue weighted by molar-refractivity contribution is 0.0927. The van der Waals surface area contributed by atoms with Crippen molar-refractivity contribution in [1.29, 1.82) is 0 Å². The van der Waals surface area contributed by atoms with Gasteiger partial charge in [0.1, 0.15) is 0 Å². The van der Waals surface area contributed by atoms with Crippen LogP contribution < -0.4 is 10.2 Å². The molecule has 0 bridgehead atoms. The summed E-state index contributed by atoms with van der Waals surface area (Å²) in [4.78, 5) is 15.2. The Morgan fingerprint density at radius 2 is 1.61 bits per heavy atom. The highest BCUT2D eigenvalue weighted by molar-refractivity contribution is 7.89. The van der Waals surface area contributed by atoms with E-state index in [2.05, 4.69) is 15.3 Å². The Morgan fingerprint density at radius 3 is 2.24 bits per heavy atom. The molecule has 1 saturated heterocycles. The summed E-state index contributed by atoms with van der Waals surface area (Å²) in [5.41, 5.74) is 1.13. The number of aryl methyl sites for hydroxylation is 1. The molecule has 1 amide bonds. The Hall–Kier alpha value is -2.10. The molecule has 0 radical (unpaired) electrons. The van der Waals surface area contributed by atoms with Crippen molar-refractivity contribution < 1.29 is 13.2 Å². The summed E-state index contributed by atoms with van der Waals surface area (Å²) in [6.07, 6.45) is 9.15. The predicted molar refractivity (Wildman–Crippen MR) is 129 cm³/mol. The molecule has 1 saturated carbocycles. The van der Waals surface area contributed by atoms with E-state index in [0.29, 0.717) is 31.2 Å². The number of anilines is 1. The van der Waals surface area contributed by atoms with Crippen molar-refractivity contribution in [3.05, 3.63) is 41.0 Å². The first-order chi connectivity index (χ1) is 15.8. The monoisotopic (exact) mass is 493 g/mol. The van der Waals surface area contributed by atoms with Gasteiger partial charge in [0, 0.05) is 56.2 Å². The smallest absolute Gasteiger partial charge is 0.263 e. The molecule has 1 aromatic heterocycles. The number of hydrogen-bond acceptors (Lipinski definition) is 5. The largest absolute Gasteiger partial charge is 0.369 e. The minimum Gasteiger partial charge on any atom is -0.369 e. The Bertz CT molecular complexity index is 1050. The van der Waals surface area contributed by atoms with E-state index < -0.39 is 10.0 Å². The molecule has 0 unspecified atom stereocenters. The fraction of sp³-hybridized carbons (Fsp3) is 0.565. The van der Waals surface area contributed by atoms with Crippen LogP contribution in [0.1, 0.15) is 55.3 Å². The third kappa shape index (κ3) is 5.70. The lowest BCUT2D eigenvalue weighted by Gasteiger charge is -2.35. The summed E-state index contributed by atoms with van der Waals surface area (Å²) in [5, 5.41) is 7.77. The van der Waals surface area contributed by atoms with Gasteiger partial charge in [0.25, 0.3) is 15.9 Å². The molecule has 0 atom stereocenters. The van der Waals surface area contributed by atoms with Gasteiger partial charge in [0.2, 0.25) is 5.03 Å². The second-order valence-electron chi connectivity index (χ2n) is 8.90. The molecular weight excluding hydrogens is 462 g/mol. The lowest BCUT2D eigenvalue weighted by atomic mass is 9.96. The van der Waals surface area contributed by atoms with Crippen LogP contribution in [0, 0.1) is 0 Å². The molecule has 1 aromatic carbocycles. The second-order valence-corrected chi connectivity index (χ2v) is 11.2. The highest BCUT2D eigenvalue weighted by Crippen LogP contribution is 2.24. The van der Waals surface area contributed by atoms with Crippen LogP contribution in [0.5, 0.6) is 0 Å². The summed E-state index contributed by atoms with van der Waals surface area (Å²) in [7, 11) is -2.25. The Labute approximate surface area is 200 Å². The number of benzene rings is 1.